The monoisotopic (exact) mass is 884 g/mol. The summed E-state index contributed by atoms with van der Waals surface area (Å²) in [6, 6.07) is 0. The van der Waals surface area contributed by atoms with Crippen molar-refractivity contribution in [2.75, 3.05) is 19.8 Å². The third kappa shape index (κ3) is 7.49. The van der Waals surface area contributed by atoms with E-state index in [9.17, 15) is 46.0 Å². The van der Waals surface area contributed by atoms with Crippen LogP contribution in [-0.2, 0) is 37.9 Å². The van der Waals surface area contributed by atoms with Crippen molar-refractivity contribution in [2.45, 2.75) is 203 Å². The molecule has 9 aliphatic rings. The van der Waals surface area contributed by atoms with Crippen molar-refractivity contribution in [1.82, 2.24) is 0 Å². The van der Waals surface area contributed by atoms with Crippen molar-refractivity contribution in [2.24, 2.45) is 46.3 Å². The summed E-state index contributed by atoms with van der Waals surface area (Å²) >= 11 is 0. The number of allylic oxidation sites excluding steroid dienone is 1. The van der Waals surface area contributed by atoms with Gasteiger partial charge in [-0.3, -0.25) is 0 Å². The van der Waals surface area contributed by atoms with E-state index >= 15 is 0 Å². The Labute approximate surface area is 363 Å². The van der Waals surface area contributed by atoms with E-state index in [-0.39, 0.29) is 23.0 Å². The molecule has 9 N–H and O–H groups in total. The molecule has 0 aromatic carbocycles. The Bertz CT molecular complexity index is 1610. The Morgan fingerprint density at radius 3 is 2.05 bits per heavy atom. The van der Waals surface area contributed by atoms with Gasteiger partial charge >= 0.3 is 0 Å². The van der Waals surface area contributed by atoms with Gasteiger partial charge in [-0.2, -0.15) is 0 Å². The lowest BCUT2D eigenvalue weighted by Gasteiger charge is -2.58. The number of aliphatic hydroxyl groups excluding tert-OH is 9. The summed E-state index contributed by atoms with van der Waals surface area (Å²) in [6.45, 7) is 10.4. The van der Waals surface area contributed by atoms with E-state index in [1.165, 1.54) is 12.5 Å². The first kappa shape index (κ1) is 46.2. The zero-order chi connectivity index (χ0) is 44.2. The van der Waals surface area contributed by atoms with E-state index < -0.39 is 111 Å². The minimum atomic E-state index is -1.82. The number of ether oxygens (including phenoxy) is 8. The number of hydrogen-bond acceptors (Lipinski definition) is 17. The summed E-state index contributed by atoms with van der Waals surface area (Å²) in [6.07, 6.45) is -12.0. The van der Waals surface area contributed by atoms with Crippen molar-refractivity contribution in [1.29, 1.82) is 0 Å². The number of fused-ring (bicyclic) bond motifs is 7. The van der Waals surface area contributed by atoms with Gasteiger partial charge in [-0.15, -0.1) is 0 Å². The van der Waals surface area contributed by atoms with Crippen molar-refractivity contribution < 1.29 is 83.9 Å². The Morgan fingerprint density at radius 1 is 0.677 bits per heavy atom. The summed E-state index contributed by atoms with van der Waals surface area (Å²) in [5.41, 5.74) is 1.48. The van der Waals surface area contributed by atoms with Gasteiger partial charge in [0.25, 0.3) is 0 Å². The van der Waals surface area contributed by atoms with Gasteiger partial charge in [0.1, 0.15) is 67.1 Å². The highest BCUT2D eigenvalue weighted by Gasteiger charge is 2.69. The van der Waals surface area contributed by atoms with E-state index in [1.54, 1.807) is 0 Å². The van der Waals surface area contributed by atoms with Crippen LogP contribution in [-0.4, -0.2) is 176 Å². The Kier molecular flexibility index (Phi) is 12.9. The molecule has 1 spiro atoms. The molecule has 4 aliphatic carbocycles. The average Bonchev–Trinajstić information content (AvgIpc) is 3.70. The fourth-order valence-electron chi connectivity index (χ4n) is 14.0. The van der Waals surface area contributed by atoms with Gasteiger partial charge in [0.15, 0.2) is 24.7 Å². The number of rotatable bonds is 8. The molecule has 0 unspecified atom stereocenters. The summed E-state index contributed by atoms with van der Waals surface area (Å²) in [5, 5.41) is 95.7. The standard InChI is InChI=1S/C45H72O17/c1-19-8-13-45(55-18-19)20(2)30-27(62-45)15-26-24-7-6-22-14-23(9-11-43(22,4)25(24)10-12-44(26,30)5)57-42-39(61-40-35(52)33(50)31(48)21(3)56-40)37(54)38(29(17-47)59-42)60-41-36(53)34(51)32(49)28(16-46)58-41/h6,19-21,23-42,46-54H,7-18H2,1-5H3/t19-,20-,21-,23+,24+,25-,26-,27-,28-,29+,30-,31-,32-,33+,34+,35+,36+,37-,38+,39+,40+,41+,42+,43-,44-,45+/m1/s1. The van der Waals surface area contributed by atoms with Gasteiger partial charge in [0.05, 0.1) is 38.1 Å². The third-order valence-electron chi connectivity index (χ3n) is 17.7. The first-order chi connectivity index (χ1) is 29.4. The van der Waals surface area contributed by atoms with Crippen molar-refractivity contribution in [3.8, 4) is 0 Å². The molecule has 26 atom stereocenters. The van der Waals surface area contributed by atoms with Crippen LogP contribution in [0.4, 0.5) is 0 Å². The highest BCUT2D eigenvalue weighted by Crippen LogP contribution is 2.70. The Balaban J connectivity index is 0.917. The maximum atomic E-state index is 12.0. The molecular weight excluding hydrogens is 812 g/mol. The topological polar surface area (TPSA) is 256 Å². The first-order valence-electron chi connectivity index (χ1n) is 23.4. The largest absolute Gasteiger partial charge is 0.394 e. The van der Waals surface area contributed by atoms with Crippen LogP contribution in [0.3, 0.4) is 0 Å². The van der Waals surface area contributed by atoms with Crippen molar-refractivity contribution in [3.63, 3.8) is 0 Å². The zero-order valence-electron chi connectivity index (χ0n) is 36.6. The van der Waals surface area contributed by atoms with Crippen LogP contribution in [0.25, 0.3) is 0 Å². The zero-order valence-corrected chi connectivity index (χ0v) is 36.6. The molecule has 8 fully saturated rings. The summed E-state index contributed by atoms with van der Waals surface area (Å²) in [5.74, 6) is 2.56. The van der Waals surface area contributed by atoms with Gasteiger partial charge in [0.2, 0.25) is 0 Å². The fraction of sp³-hybridized carbons (Fsp3) is 0.956. The normalized spacial score (nSPS) is 57.6. The van der Waals surface area contributed by atoms with Crippen LogP contribution in [0, 0.1) is 46.3 Å². The van der Waals surface area contributed by atoms with Crippen LogP contribution in [0.2, 0.25) is 0 Å². The molecule has 5 heterocycles. The molecule has 5 aliphatic heterocycles. The molecule has 62 heavy (non-hydrogen) atoms. The summed E-state index contributed by atoms with van der Waals surface area (Å²) in [4.78, 5) is 0. The predicted molar refractivity (Wildman–Crippen MR) is 214 cm³/mol. The van der Waals surface area contributed by atoms with E-state index in [2.05, 4.69) is 33.8 Å². The minimum Gasteiger partial charge on any atom is -0.394 e. The second-order valence-electron chi connectivity index (χ2n) is 21.1. The molecule has 0 radical (unpaired) electrons. The average molecular weight is 885 g/mol. The smallest absolute Gasteiger partial charge is 0.187 e. The second kappa shape index (κ2) is 17.3. The maximum absolute atomic E-state index is 12.0. The lowest BCUT2D eigenvalue weighted by molar-refractivity contribution is -0.389. The molecule has 0 amide bonds. The van der Waals surface area contributed by atoms with Crippen molar-refractivity contribution >= 4 is 0 Å². The van der Waals surface area contributed by atoms with E-state index in [0.717, 1.165) is 51.6 Å². The fourth-order valence-corrected chi connectivity index (χ4v) is 14.0. The van der Waals surface area contributed by atoms with Crippen LogP contribution in [0.1, 0.15) is 92.4 Å². The van der Waals surface area contributed by atoms with Crippen LogP contribution in [0.5, 0.6) is 0 Å². The van der Waals surface area contributed by atoms with Crippen molar-refractivity contribution in [3.05, 3.63) is 11.6 Å². The number of aliphatic hydroxyl groups is 9. The second-order valence-corrected chi connectivity index (χ2v) is 21.1. The van der Waals surface area contributed by atoms with Gasteiger partial charge in [0, 0.05) is 12.3 Å². The quantitative estimate of drug-likeness (QED) is 0.148. The van der Waals surface area contributed by atoms with Crippen LogP contribution >= 0.6 is 0 Å². The molecule has 3 saturated carbocycles. The highest BCUT2D eigenvalue weighted by molar-refractivity contribution is 5.26. The first-order valence-corrected chi connectivity index (χ1v) is 23.4. The molecule has 9 rings (SSSR count). The highest BCUT2D eigenvalue weighted by atomic mass is 16.8. The van der Waals surface area contributed by atoms with Gasteiger partial charge in [-0.05, 0) is 98.7 Å². The summed E-state index contributed by atoms with van der Waals surface area (Å²) < 4.78 is 49.9. The van der Waals surface area contributed by atoms with Crippen LogP contribution < -0.4 is 0 Å². The number of hydrogen-bond donors (Lipinski definition) is 9. The molecular formula is C45H72O17. The van der Waals surface area contributed by atoms with Gasteiger partial charge < -0.3 is 83.9 Å². The molecule has 0 bridgehead atoms. The minimum absolute atomic E-state index is 0.0356. The Hall–Kier alpha value is -0.940. The van der Waals surface area contributed by atoms with E-state index in [1.807, 2.05) is 0 Å². The SMILES string of the molecule is C[C@@H]1CC[C@]2(OC1)O[C@@H]1C[C@@H]3[C@H]4CC=C5C[C@@H](O[C@H]6O[C@@H](CO)[C@H](O[C@@H]7O[C@H](CO)[C@@H](O)[C@H](O)[C@@H]7O)[C@@H](O)[C@@H]6O[C@@H]6O[C@H](C)[C@@H](O)[C@H](O)[C@@H]6O)CC[C@@]5(C)[C@@H]4CC[C@@]3(C)[C@@H]1[C@H]2C. The lowest BCUT2D eigenvalue weighted by Crippen LogP contribution is -2.67. The predicted octanol–water partition coefficient (Wildman–Crippen LogP) is 0.214. The van der Waals surface area contributed by atoms with E-state index in [0.29, 0.717) is 48.3 Å². The molecule has 5 saturated heterocycles. The van der Waals surface area contributed by atoms with E-state index in [4.69, 9.17) is 37.9 Å². The lowest BCUT2D eigenvalue weighted by atomic mass is 9.47. The third-order valence-corrected chi connectivity index (χ3v) is 17.7. The summed E-state index contributed by atoms with van der Waals surface area (Å²) in [7, 11) is 0. The molecule has 0 aromatic heterocycles. The van der Waals surface area contributed by atoms with Gasteiger partial charge in [-0.25, -0.2) is 0 Å². The molecule has 354 valence electrons. The molecule has 17 heteroatoms. The Morgan fingerprint density at radius 2 is 1.35 bits per heavy atom. The van der Waals surface area contributed by atoms with Crippen LogP contribution in [0.15, 0.2) is 11.6 Å². The molecule has 17 nitrogen and oxygen atoms in total. The maximum Gasteiger partial charge on any atom is 0.187 e. The van der Waals surface area contributed by atoms with Gasteiger partial charge in [-0.1, -0.05) is 39.3 Å². The molecule has 0 aromatic rings.